The molecule has 5 heteroatoms. The molecule has 5 rings (SSSR count). The molecule has 0 saturated carbocycles. The second-order valence-corrected chi connectivity index (χ2v) is 6.18. The monoisotopic (exact) mass is 285 g/mol. The van der Waals surface area contributed by atoms with Crippen LogP contribution in [0.4, 0.5) is 0 Å². The minimum atomic E-state index is -0.0799. The van der Waals surface area contributed by atoms with Gasteiger partial charge in [-0.2, -0.15) is 0 Å². The predicted molar refractivity (Wildman–Crippen MR) is 79.0 cm³/mol. The fraction of sp³-hybridized carbons (Fsp3) is 0.500. The molecule has 2 bridgehead atoms. The Hall–Kier alpha value is -1.88. The summed E-state index contributed by atoms with van der Waals surface area (Å²) in [6.07, 6.45) is 7.34. The summed E-state index contributed by atoms with van der Waals surface area (Å²) in [5.41, 5.74) is 0.465. The van der Waals surface area contributed by atoms with Crippen LogP contribution in [0, 0.1) is 5.92 Å². The lowest BCUT2D eigenvalue weighted by Gasteiger charge is -2.49. The van der Waals surface area contributed by atoms with E-state index in [1.165, 1.54) is 12.8 Å². The number of furan rings is 1. The maximum atomic E-state index is 12.5. The van der Waals surface area contributed by atoms with Gasteiger partial charge in [-0.25, -0.2) is 0 Å². The minimum Gasteiger partial charge on any atom is -0.471 e. The van der Waals surface area contributed by atoms with Crippen LogP contribution < -0.4 is 5.32 Å². The summed E-state index contributed by atoms with van der Waals surface area (Å²) in [6, 6.07) is 2.45. The van der Waals surface area contributed by atoms with Crippen LogP contribution in [-0.2, 0) is 0 Å². The second-order valence-electron chi connectivity index (χ2n) is 6.18. The van der Waals surface area contributed by atoms with E-state index in [9.17, 15) is 4.79 Å². The highest BCUT2D eigenvalue weighted by atomic mass is 16.3. The highest BCUT2D eigenvalue weighted by Gasteiger charge is 2.40. The van der Waals surface area contributed by atoms with Gasteiger partial charge in [0, 0.05) is 29.1 Å². The predicted octanol–water partition coefficient (Wildman–Crippen LogP) is 2.04. The lowest BCUT2D eigenvalue weighted by atomic mass is 9.79. The summed E-state index contributed by atoms with van der Waals surface area (Å²) >= 11 is 0. The van der Waals surface area contributed by atoms with Gasteiger partial charge < -0.3 is 9.73 Å². The Kier molecular flexibility index (Phi) is 2.96. The molecule has 3 fully saturated rings. The molecule has 0 aromatic carbocycles. The van der Waals surface area contributed by atoms with Gasteiger partial charge >= 0.3 is 0 Å². The van der Waals surface area contributed by atoms with Crippen molar-refractivity contribution < 1.29 is 9.21 Å². The number of fused-ring (bicyclic) bond motifs is 4. The van der Waals surface area contributed by atoms with Crippen LogP contribution in [-0.4, -0.2) is 41.0 Å². The molecule has 0 radical (unpaired) electrons. The SMILES string of the molecule is C[C@H]1[C@H](NC(=O)c2cc3cocc3cn2)C2CCN1CC2. The third kappa shape index (κ3) is 2.12. The summed E-state index contributed by atoms with van der Waals surface area (Å²) in [5, 5.41) is 5.03. The Balaban J connectivity index is 1.54. The van der Waals surface area contributed by atoms with Crippen molar-refractivity contribution in [1.82, 2.24) is 15.2 Å². The molecular weight excluding hydrogens is 266 g/mol. The van der Waals surface area contributed by atoms with Crippen molar-refractivity contribution >= 4 is 16.7 Å². The number of pyridine rings is 1. The maximum absolute atomic E-state index is 12.5. The first kappa shape index (κ1) is 12.8. The van der Waals surface area contributed by atoms with Gasteiger partial charge in [-0.3, -0.25) is 14.7 Å². The molecule has 2 aromatic heterocycles. The van der Waals surface area contributed by atoms with Crippen molar-refractivity contribution in [2.75, 3.05) is 13.1 Å². The highest BCUT2D eigenvalue weighted by molar-refractivity contribution is 5.96. The first-order valence-electron chi connectivity index (χ1n) is 7.59. The van der Waals surface area contributed by atoms with E-state index in [-0.39, 0.29) is 11.9 Å². The first-order valence-corrected chi connectivity index (χ1v) is 7.59. The Morgan fingerprint density at radius 1 is 1.33 bits per heavy atom. The molecule has 0 aliphatic carbocycles. The second kappa shape index (κ2) is 4.84. The summed E-state index contributed by atoms with van der Waals surface area (Å²) in [6.45, 7) is 4.54. The van der Waals surface area contributed by atoms with E-state index < -0.39 is 0 Å². The minimum absolute atomic E-state index is 0.0799. The van der Waals surface area contributed by atoms with Crippen molar-refractivity contribution in [2.45, 2.75) is 31.8 Å². The molecule has 3 saturated heterocycles. The van der Waals surface area contributed by atoms with E-state index in [0.717, 1.165) is 23.9 Å². The van der Waals surface area contributed by atoms with E-state index in [4.69, 9.17) is 4.42 Å². The fourth-order valence-electron chi connectivity index (χ4n) is 3.76. The van der Waals surface area contributed by atoms with Crippen LogP contribution in [0.25, 0.3) is 10.8 Å². The standard InChI is InChI=1S/C16H19N3O2/c1-10-15(11-2-4-19(10)5-3-11)18-16(20)14-6-12-8-21-9-13(12)7-17-14/h6-11,15H,2-5H2,1H3,(H,18,20)/t10-,15-/m0/s1. The lowest BCUT2D eigenvalue weighted by Crippen LogP contribution is -2.62. The molecule has 5 nitrogen and oxygen atoms in total. The Bertz CT molecular complexity index is 671. The number of nitrogens with zero attached hydrogens (tertiary/aromatic N) is 2. The van der Waals surface area contributed by atoms with Gasteiger partial charge in [-0.15, -0.1) is 0 Å². The summed E-state index contributed by atoms with van der Waals surface area (Å²) < 4.78 is 5.13. The lowest BCUT2D eigenvalue weighted by molar-refractivity contribution is 0.0216. The number of aromatic nitrogens is 1. The van der Waals surface area contributed by atoms with Crippen LogP contribution in [0.3, 0.4) is 0 Å². The summed E-state index contributed by atoms with van der Waals surface area (Å²) in [5.74, 6) is 0.523. The zero-order valence-corrected chi connectivity index (χ0v) is 12.1. The zero-order valence-electron chi connectivity index (χ0n) is 12.1. The third-order valence-corrected chi connectivity index (χ3v) is 5.07. The topological polar surface area (TPSA) is 58.4 Å². The van der Waals surface area contributed by atoms with Gasteiger partial charge in [0.1, 0.15) is 5.69 Å². The number of nitrogens with one attached hydrogen (secondary N) is 1. The van der Waals surface area contributed by atoms with E-state index in [1.807, 2.05) is 0 Å². The van der Waals surface area contributed by atoms with Crippen molar-refractivity contribution in [3.05, 3.63) is 30.5 Å². The van der Waals surface area contributed by atoms with Crippen LogP contribution >= 0.6 is 0 Å². The van der Waals surface area contributed by atoms with Gasteiger partial charge in [0.2, 0.25) is 0 Å². The van der Waals surface area contributed by atoms with E-state index in [2.05, 4.69) is 22.1 Å². The number of hydrogen-bond acceptors (Lipinski definition) is 4. The Labute approximate surface area is 123 Å². The first-order chi connectivity index (χ1) is 10.2. The van der Waals surface area contributed by atoms with Crippen molar-refractivity contribution in [2.24, 2.45) is 5.92 Å². The van der Waals surface area contributed by atoms with E-state index in [0.29, 0.717) is 17.7 Å². The molecule has 0 unspecified atom stereocenters. The number of carbonyl (C=O) groups is 1. The van der Waals surface area contributed by atoms with Gasteiger partial charge in [0.15, 0.2) is 0 Å². The quantitative estimate of drug-likeness (QED) is 0.917. The molecular formula is C16H19N3O2. The van der Waals surface area contributed by atoms with Gasteiger partial charge in [-0.1, -0.05) is 0 Å². The number of amides is 1. The molecule has 110 valence electrons. The maximum Gasteiger partial charge on any atom is 0.270 e. The van der Waals surface area contributed by atoms with E-state index >= 15 is 0 Å². The molecule has 1 N–H and O–H groups in total. The molecule has 3 aliphatic heterocycles. The van der Waals surface area contributed by atoms with Crippen molar-refractivity contribution in [3.63, 3.8) is 0 Å². The van der Waals surface area contributed by atoms with E-state index in [1.54, 1.807) is 24.8 Å². The molecule has 5 heterocycles. The zero-order chi connectivity index (χ0) is 14.4. The van der Waals surface area contributed by atoms with Crippen molar-refractivity contribution in [3.8, 4) is 0 Å². The normalized spacial score (nSPS) is 31.5. The van der Waals surface area contributed by atoms with Gasteiger partial charge in [0.25, 0.3) is 5.91 Å². The Morgan fingerprint density at radius 3 is 2.86 bits per heavy atom. The van der Waals surface area contributed by atoms with Crippen LogP contribution in [0.1, 0.15) is 30.3 Å². The van der Waals surface area contributed by atoms with Crippen molar-refractivity contribution in [1.29, 1.82) is 0 Å². The summed E-state index contributed by atoms with van der Waals surface area (Å²) in [4.78, 5) is 19.2. The number of piperidine rings is 3. The average Bonchev–Trinajstić information content (AvgIpc) is 2.98. The fourth-order valence-corrected chi connectivity index (χ4v) is 3.76. The van der Waals surface area contributed by atoms with Gasteiger partial charge in [0.05, 0.1) is 12.5 Å². The third-order valence-electron chi connectivity index (χ3n) is 5.07. The average molecular weight is 285 g/mol. The number of carbonyl (C=O) groups excluding carboxylic acids is 1. The molecule has 2 atom stereocenters. The molecule has 3 aliphatic rings. The molecule has 2 aromatic rings. The number of rotatable bonds is 2. The molecule has 21 heavy (non-hydrogen) atoms. The molecule has 0 spiro atoms. The molecule has 1 amide bonds. The van der Waals surface area contributed by atoms with Crippen LogP contribution in [0.5, 0.6) is 0 Å². The smallest absolute Gasteiger partial charge is 0.270 e. The summed E-state index contributed by atoms with van der Waals surface area (Å²) in [7, 11) is 0. The largest absolute Gasteiger partial charge is 0.471 e. The van der Waals surface area contributed by atoms with Crippen LogP contribution in [0.2, 0.25) is 0 Å². The number of hydrogen-bond donors (Lipinski definition) is 1. The van der Waals surface area contributed by atoms with Crippen LogP contribution in [0.15, 0.2) is 29.2 Å². The Morgan fingerprint density at radius 2 is 2.10 bits per heavy atom. The highest BCUT2D eigenvalue weighted by Crippen LogP contribution is 2.32. The van der Waals surface area contributed by atoms with Gasteiger partial charge in [-0.05, 0) is 44.8 Å².